The van der Waals surface area contributed by atoms with Gasteiger partial charge in [-0.15, -0.1) is 10.2 Å². The molecule has 0 spiro atoms. The predicted molar refractivity (Wildman–Crippen MR) is 123 cm³/mol. The van der Waals surface area contributed by atoms with Crippen molar-refractivity contribution in [1.82, 2.24) is 20.1 Å². The standard InChI is InChI=1S/C23H27N5O2S/c1-2-20(21(29)24-17-18-9-5-3-6-10-18)31-23-26-25-22(27-13-15-30-16-14-27)28(23)19-11-7-4-8-12-19/h3-12,20H,2,13-17H2,1H3,(H,24,29). The van der Waals surface area contributed by atoms with Gasteiger partial charge in [0.1, 0.15) is 0 Å². The van der Waals surface area contributed by atoms with Crippen LogP contribution in [-0.4, -0.2) is 52.2 Å². The van der Waals surface area contributed by atoms with Gasteiger partial charge in [0.05, 0.1) is 24.2 Å². The molecule has 7 nitrogen and oxygen atoms in total. The van der Waals surface area contributed by atoms with E-state index in [4.69, 9.17) is 4.74 Å². The quantitative estimate of drug-likeness (QED) is 0.545. The molecule has 4 rings (SSSR count). The summed E-state index contributed by atoms with van der Waals surface area (Å²) >= 11 is 1.46. The summed E-state index contributed by atoms with van der Waals surface area (Å²) in [4.78, 5) is 15.1. The fraction of sp³-hybridized carbons (Fsp3) is 0.348. The van der Waals surface area contributed by atoms with E-state index in [1.54, 1.807) is 0 Å². The molecule has 8 heteroatoms. The molecule has 1 amide bonds. The Hall–Kier alpha value is -2.84. The Morgan fingerprint density at radius 1 is 1.06 bits per heavy atom. The number of para-hydroxylation sites is 1. The number of anilines is 1. The molecule has 1 saturated heterocycles. The number of aromatic nitrogens is 3. The zero-order valence-corrected chi connectivity index (χ0v) is 18.4. The smallest absolute Gasteiger partial charge is 0.233 e. The Bertz CT molecular complexity index is 974. The maximum atomic E-state index is 12.9. The van der Waals surface area contributed by atoms with Gasteiger partial charge in [-0.3, -0.25) is 9.36 Å². The third kappa shape index (κ3) is 5.26. The number of carbonyl (C=O) groups is 1. The van der Waals surface area contributed by atoms with E-state index >= 15 is 0 Å². The highest BCUT2D eigenvalue weighted by molar-refractivity contribution is 8.00. The number of morpholine rings is 1. The molecule has 1 fully saturated rings. The number of hydrogen-bond donors (Lipinski definition) is 1. The molecule has 1 unspecified atom stereocenters. The van der Waals surface area contributed by atoms with Gasteiger partial charge >= 0.3 is 0 Å². The first-order valence-electron chi connectivity index (χ1n) is 10.6. The van der Waals surface area contributed by atoms with Crippen LogP contribution in [0.4, 0.5) is 5.95 Å². The van der Waals surface area contributed by atoms with Gasteiger partial charge in [0.2, 0.25) is 11.9 Å². The molecule has 0 bridgehead atoms. The molecule has 162 valence electrons. The second kappa shape index (κ2) is 10.5. The lowest BCUT2D eigenvalue weighted by Gasteiger charge is -2.28. The average Bonchev–Trinajstić information content (AvgIpc) is 3.26. The largest absolute Gasteiger partial charge is 0.378 e. The molecule has 2 heterocycles. The molecule has 0 aliphatic carbocycles. The van der Waals surface area contributed by atoms with Crippen molar-refractivity contribution in [2.24, 2.45) is 0 Å². The van der Waals surface area contributed by atoms with Crippen molar-refractivity contribution in [2.45, 2.75) is 30.3 Å². The fourth-order valence-electron chi connectivity index (χ4n) is 3.46. The summed E-state index contributed by atoms with van der Waals surface area (Å²) in [5.41, 5.74) is 2.06. The van der Waals surface area contributed by atoms with Crippen molar-refractivity contribution in [3.63, 3.8) is 0 Å². The lowest BCUT2D eigenvalue weighted by molar-refractivity contribution is -0.120. The lowest BCUT2D eigenvalue weighted by atomic mass is 10.2. The number of ether oxygens (including phenoxy) is 1. The zero-order chi connectivity index (χ0) is 21.5. The molecule has 1 aromatic heterocycles. The number of benzene rings is 2. The minimum atomic E-state index is -0.257. The topological polar surface area (TPSA) is 72.3 Å². The Balaban J connectivity index is 1.54. The molecule has 1 aliphatic rings. The Kier molecular flexibility index (Phi) is 7.22. The first kappa shape index (κ1) is 21.4. The van der Waals surface area contributed by atoms with Crippen LogP contribution in [-0.2, 0) is 16.1 Å². The van der Waals surface area contributed by atoms with E-state index < -0.39 is 0 Å². The van der Waals surface area contributed by atoms with Crippen molar-refractivity contribution in [3.05, 3.63) is 66.2 Å². The molecule has 0 radical (unpaired) electrons. The van der Waals surface area contributed by atoms with Crippen molar-refractivity contribution in [3.8, 4) is 5.69 Å². The van der Waals surface area contributed by atoms with Crippen LogP contribution in [0.1, 0.15) is 18.9 Å². The van der Waals surface area contributed by atoms with Crippen LogP contribution in [0.5, 0.6) is 0 Å². The van der Waals surface area contributed by atoms with Crippen molar-refractivity contribution >= 4 is 23.6 Å². The highest BCUT2D eigenvalue weighted by Gasteiger charge is 2.26. The first-order valence-corrected chi connectivity index (χ1v) is 11.5. The second-order valence-electron chi connectivity index (χ2n) is 7.27. The van der Waals surface area contributed by atoms with Gasteiger partial charge in [-0.1, -0.05) is 67.2 Å². The average molecular weight is 438 g/mol. The normalized spacial score (nSPS) is 14.9. The second-order valence-corrected chi connectivity index (χ2v) is 8.44. The molecular weight excluding hydrogens is 410 g/mol. The van der Waals surface area contributed by atoms with Crippen LogP contribution in [0.2, 0.25) is 0 Å². The summed E-state index contributed by atoms with van der Waals surface area (Å²) in [6.07, 6.45) is 0.694. The number of thioether (sulfide) groups is 1. The van der Waals surface area contributed by atoms with E-state index in [-0.39, 0.29) is 11.2 Å². The van der Waals surface area contributed by atoms with Gasteiger partial charge in [0.25, 0.3) is 0 Å². The summed E-state index contributed by atoms with van der Waals surface area (Å²) in [7, 11) is 0. The minimum Gasteiger partial charge on any atom is -0.378 e. The number of nitrogens with one attached hydrogen (secondary N) is 1. The number of rotatable bonds is 8. The van der Waals surface area contributed by atoms with E-state index in [9.17, 15) is 4.79 Å². The molecule has 2 aromatic carbocycles. The highest BCUT2D eigenvalue weighted by atomic mass is 32.2. The Morgan fingerprint density at radius 3 is 2.42 bits per heavy atom. The Morgan fingerprint density at radius 2 is 1.74 bits per heavy atom. The van der Waals surface area contributed by atoms with Crippen LogP contribution < -0.4 is 10.2 Å². The van der Waals surface area contributed by atoms with E-state index in [1.165, 1.54) is 11.8 Å². The van der Waals surface area contributed by atoms with Crippen molar-refractivity contribution in [1.29, 1.82) is 0 Å². The van der Waals surface area contributed by atoms with E-state index in [2.05, 4.69) is 20.4 Å². The molecule has 31 heavy (non-hydrogen) atoms. The number of hydrogen-bond acceptors (Lipinski definition) is 6. The molecule has 1 N–H and O–H groups in total. The zero-order valence-electron chi connectivity index (χ0n) is 17.6. The van der Waals surface area contributed by atoms with Gasteiger partial charge in [-0.05, 0) is 24.1 Å². The van der Waals surface area contributed by atoms with Crippen molar-refractivity contribution in [2.75, 3.05) is 31.2 Å². The molecular formula is C23H27N5O2S. The Labute approximate surface area is 186 Å². The molecule has 1 atom stereocenters. The SMILES string of the molecule is CCC(Sc1nnc(N2CCOCC2)n1-c1ccccc1)C(=O)NCc1ccccc1. The third-order valence-corrected chi connectivity index (χ3v) is 6.45. The van der Waals surface area contributed by atoms with Gasteiger partial charge in [0.15, 0.2) is 5.16 Å². The minimum absolute atomic E-state index is 0.00638. The third-order valence-electron chi connectivity index (χ3n) is 5.15. The fourth-order valence-corrected chi connectivity index (χ4v) is 4.45. The summed E-state index contributed by atoms with van der Waals surface area (Å²) < 4.78 is 7.54. The van der Waals surface area contributed by atoms with Gasteiger partial charge in [-0.2, -0.15) is 0 Å². The maximum Gasteiger partial charge on any atom is 0.233 e. The maximum absolute atomic E-state index is 12.9. The van der Waals surface area contributed by atoms with Crippen LogP contribution in [0.3, 0.4) is 0 Å². The molecule has 1 aliphatic heterocycles. The van der Waals surface area contributed by atoms with E-state index in [1.807, 2.05) is 72.2 Å². The van der Waals surface area contributed by atoms with Gasteiger partial charge in [-0.25, -0.2) is 0 Å². The van der Waals surface area contributed by atoms with E-state index in [0.717, 1.165) is 35.4 Å². The van der Waals surface area contributed by atoms with Crippen molar-refractivity contribution < 1.29 is 9.53 Å². The van der Waals surface area contributed by atoms with Crippen LogP contribution >= 0.6 is 11.8 Å². The molecule has 0 saturated carbocycles. The number of carbonyl (C=O) groups excluding carboxylic acids is 1. The van der Waals surface area contributed by atoms with E-state index in [0.29, 0.717) is 26.2 Å². The van der Waals surface area contributed by atoms with Crippen LogP contribution in [0.25, 0.3) is 5.69 Å². The van der Waals surface area contributed by atoms with Gasteiger partial charge < -0.3 is 15.0 Å². The predicted octanol–water partition coefficient (Wildman–Crippen LogP) is 3.29. The van der Waals surface area contributed by atoms with Crippen LogP contribution in [0.15, 0.2) is 65.8 Å². The van der Waals surface area contributed by atoms with Crippen LogP contribution in [0, 0.1) is 0 Å². The summed E-state index contributed by atoms with van der Waals surface area (Å²) in [6.45, 7) is 5.41. The summed E-state index contributed by atoms with van der Waals surface area (Å²) in [5, 5.41) is 12.5. The lowest BCUT2D eigenvalue weighted by Crippen LogP contribution is -2.38. The highest BCUT2D eigenvalue weighted by Crippen LogP contribution is 2.30. The molecule has 3 aromatic rings. The van der Waals surface area contributed by atoms with Gasteiger partial charge in [0, 0.05) is 19.6 Å². The first-order chi connectivity index (χ1) is 15.3. The summed E-state index contributed by atoms with van der Waals surface area (Å²) in [6, 6.07) is 20.0. The number of nitrogens with zero attached hydrogens (tertiary/aromatic N) is 4. The summed E-state index contributed by atoms with van der Waals surface area (Å²) in [5.74, 6) is 0.795. The number of amides is 1. The monoisotopic (exact) mass is 437 g/mol.